The van der Waals surface area contributed by atoms with Gasteiger partial charge in [-0.3, -0.25) is 4.79 Å². The molecule has 1 N–H and O–H groups in total. The van der Waals surface area contributed by atoms with Crippen molar-refractivity contribution in [1.82, 2.24) is 5.32 Å². The van der Waals surface area contributed by atoms with Crippen LogP contribution in [0.3, 0.4) is 0 Å². The molecule has 0 heterocycles. The Morgan fingerprint density at radius 3 is 2.53 bits per heavy atom. The number of rotatable bonds is 3. The summed E-state index contributed by atoms with van der Waals surface area (Å²) in [6.07, 6.45) is 1.50. The third kappa shape index (κ3) is 2.53. The van der Waals surface area contributed by atoms with Crippen molar-refractivity contribution in [2.24, 2.45) is 0 Å². The van der Waals surface area contributed by atoms with Crippen LogP contribution in [0.15, 0.2) is 12.1 Å². The van der Waals surface area contributed by atoms with E-state index in [-0.39, 0.29) is 16.5 Å². The highest BCUT2D eigenvalue weighted by Crippen LogP contribution is 2.36. The Morgan fingerprint density at radius 1 is 1.35 bits per heavy atom. The first kappa shape index (κ1) is 12.6. The predicted molar refractivity (Wildman–Crippen MR) is 61.5 cm³/mol. The number of carbonyl (C=O) groups is 1. The van der Waals surface area contributed by atoms with Crippen LogP contribution in [0.25, 0.3) is 0 Å². The first-order valence-electron chi connectivity index (χ1n) is 5.00. The molecule has 2 rings (SSSR count). The Kier molecular flexibility index (Phi) is 3.27. The van der Waals surface area contributed by atoms with E-state index in [9.17, 15) is 13.6 Å². The molecule has 1 aliphatic rings. The monoisotopic (exact) mass is 279 g/mol. The highest BCUT2D eigenvalue weighted by Gasteiger charge is 2.43. The number of alkyl halides is 1. The summed E-state index contributed by atoms with van der Waals surface area (Å²) in [5.41, 5.74) is -0.815. The average molecular weight is 280 g/mol. The summed E-state index contributed by atoms with van der Waals surface area (Å²) in [6.45, 7) is 0. The summed E-state index contributed by atoms with van der Waals surface area (Å²) in [5, 5.41) is 2.25. The van der Waals surface area contributed by atoms with Crippen molar-refractivity contribution >= 4 is 29.1 Å². The lowest BCUT2D eigenvalue weighted by Crippen LogP contribution is -2.38. The predicted octanol–water partition coefficient (Wildman–Crippen LogP) is 3.12. The second kappa shape index (κ2) is 4.42. The third-order valence-corrected chi connectivity index (χ3v) is 3.54. The molecule has 0 radical (unpaired) electrons. The molecule has 6 heteroatoms. The Labute approximate surface area is 107 Å². The number of hydrogen-bond donors (Lipinski definition) is 1. The van der Waals surface area contributed by atoms with E-state index in [0.29, 0.717) is 0 Å². The van der Waals surface area contributed by atoms with E-state index >= 15 is 0 Å². The van der Waals surface area contributed by atoms with Crippen LogP contribution in [0, 0.1) is 11.6 Å². The summed E-state index contributed by atoms with van der Waals surface area (Å²) in [6, 6.07) is 1.57. The Bertz CT molecular complexity index is 475. The van der Waals surface area contributed by atoms with Gasteiger partial charge in [0.15, 0.2) is 0 Å². The minimum Gasteiger partial charge on any atom is -0.345 e. The maximum absolute atomic E-state index is 13.4. The number of nitrogens with one attached hydrogen (secondary N) is 1. The zero-order valence-corrected chi connectivity index (χ0v) is 10.2. The molecule has 1 aromatic rings. The van der Waals surface area contributed by atoms with Crippen LogP contribution in [-0.2, 0) is 0 Å². The van der Waals surface area contributed by atoms with Crippen molar-refractivity contribution < 1.29 is 13.6 Å². The average Bonchev–Trinajstić information content (AvgIpc) is 3.04. The van der Waals surface area contributed by atoms with E-state index in [1.807, 2.05) is 0 Å². The number of hydrogen-bond acceptors (Lipinski definition) is 1. The van der Waals surface area contributed by atoms with Crippen molar-refractivity contribution in [3.8, 4) is 0 Å². The van der Waals surface area contributed by atoms with Crippen LogP contribution < -0.4 is 5.32 Å². The SMILES string of the molecule is O=C(NC1(CCl)CC1)c1cc(F)c(Cl)cc1F. The molecule has 0 atom stereocenters. The summed E-state index contributed by atoms with van der Waals surface area (Å²) in [7, 11) is 0. The van der Waals surface area contributed by atoms with Gasteiger partial charge in [0, 0.05) is 5.88 Å². The molecule has 2 nitrogen and oxygen atoms in total. The van der Waals surface area contributed by atoms with E-state index < -0.39 is 23.1 Å². The fourth-order valence-corrected chi connectivity index (χ4v) is 1.93. The zero-order valence-electron chi connectivity index (χ0n) is 8.70. The zero-order chi connectivity index (χ0) is 12.6. The highest BCUT2D eigenvalue weighted by atomic mass is 35.5. The highest BCUT2D eigenvalue weighted by molar-refractivity contribution is 6.30. The first-order valence-corrected chi connectivity index (χ1v) is 5.92. The van der Waals surface area contributed by atoms with Crippen LogP contribution >= 0.6 is 23.2 Å². The molecule has 92 valence electrons. The Morgan fingerprint density at radius 2 is 2.00 bits per heavy atom. The maximum atomic E-state index is 13.4. The van der Waals surface area contributed by atoms with Gasteiger partial charge in [0.25, 0.3) is 5.91 Å². The Hall–Kier alpha value is -0.870. The summed E-state index contributed by atoms with van der Waals surface area (Å²) >= 11 is 11.1. The number of halogens is 4. The number of benzene rings is 1. The summed E-state index contributed by atoms with van der Waals surface area (Å²) in [4.78, 5) is 11.7. The largest absolute Gasteiger partial charge is 0.345 e. The Balaban J connectivity index is 2.22. The molecule has 0 unspecified atom stereocenters. The van der Waals surface area contributed by atoms with E-state index in [4.69, 9.17) is 23.2 Å². The van der Waals surface area contributed by atoms with E-state index in [1.54, 1.807) is 0 Å². The van der Waals surface area contributed by atoms with Gasteiger partial charge < -0.3 is 5.32 Å². The fourth-order valence-electron chi connectivity index (χ4n) is 1.45. The van der Waals surface area contributed by atoms with Gasteiger partial charge in [0.05, 0.1) is 16.1 Å². The van der Waals surface area contributed by atoms with Gasteiger partial charge in [-0.05, 0) is 25.0 Å². The van der Waals surface area contributed by atoms with Crippen molar-refractivity contribution in [2.45, 2.75) is 18.4 Å². The number of amides is 1. The quantitative estimate of drug-likeness (QED) is 0.669. The topological polar surface area (TPSA) is 29.1 Å². The lowest BCUT2D eigenvalue weighted by Gasteiger charge is -2.14. The normalized spacial score (nSPS) is 16.7. The molecule has 17 heavy (non-hydrogen) atoms. The molecular weight excluding hydrogens is 271 g/mol. The van der Waals surface area contributed by atoms with E-state index in [0.717, 1.165) is 25.0 Å². The van der Waals surface area contributed by atoms with Crippen LogP contribution in [0.1, 0.15) is 23.2 Å². The van der Waals surface area contributed by atoms with E-state index in [1.165, 1.54) is 0 Å². The van der Waals surface area contributed by atoms with Crippen molar-refractivity contribution in [3.05, 3.63) is 34.4 Å². The molecule has 1 saturated carbocycles. The van der Waals surface area contributed by atoms with Gasteiger partial charge in [-0.2, -0.15) is 0 Å². The smallest absolute Gasteiger partial charge is 0.254 e. The summed E-state index contributed by atoms with van der Waals surface area (Å²) < 4.78 is 26.6. The van der Waals surface area contributed by atoms with Gasteiger partial charge in [0.1, 0.15) is 11.6 Å². The van der Waals surface area contributed by atoms with Gasteiger partial charge in [-0.25, -0.2) is 8.78 Å². The molecule has 0 saturated heterocycles. The minimum absolute atomic E-state index is 0.260. The lowest BCUT2D eigenvalue weighted by molar-refractivity contribution is 0.0931. The third-order valence-electron chi connectivity index (χ3n) is 2.74. The van der Waals surface area contributed by atoms with Crippen LogP contribution in [0.4, 0.5) is 8.78 Å². The molecule has 1 aliphatic carbocycles. The minimum atomic E-state index is -0.848. The fraction of sp³-hybridized carbons (Fsp3) is 0.364. The molecule has 0 bridgehead atoms. The number of carbonyl (C=O) groups excluding carboxylic acids is 1. The van der Waals surface area contributed by atoms with Gasteiger partial charge >= 0.3 is 0 Å². The maximum Gasteiger partial charge on any atom is 0.254 e. The van der Waals surface area contributed by atoms with Gasteiger partial charge in [-0.15, -0.1) is 11.6 Å². The molecule has 1 amide bonds. The van der Waals surface area contributed by atoms with Gasteiger partial charge in [0.2, 0.25) is 0 Å². The van der Waals surface area contributed by atoms with Crippen molar-refractivity contribution in [3.63, 3.8) is 0 Å². The van der Waals surface area contributed by atoms with Gasteiger partial charge in [-0.1, -0.05) is 11.6 Å². The second-order valence-corrected chi connectivity index (χ2v) is 4.79. The molecule has 0 aromatic heterocycles. The van der Waals surface area contributed by atoms with E-state index in [2.05, 4.69) is 5.32 Å². The second-order valence-electron chi connectivity index (χ2n) is 4.11. The van der Waals surface area contributed by atoms with Crippen LogP contribution in [-0.4, -0.2) is 17.3 Å². The molecule has 0 spiro atoms. The lowest BCUT2D eigenvalue weighted by atomic mass is 10.1. The van der Waals surface area contributed by atoms with Crippen LogP contribution in [0.5, 0.6) is 0 Å². The van der Waals surface area contributed by atoms with Crippen molar-refractivity contribution in [1.29, 1.82) is 0 Å². The van der Waals surface area contributed by atoms with Crippen molar-refractivity contribution in [2.75, 3.05) is 5.88 Å². The molecular formula is C11H9Cl2F2NO. The molecule has 1 fully saturated rings. The first-order chi connectivity index (χ1) is 7.97. The summed E-state index contributed by atoms with van der Waals surface area (Å²) in [5.74, 6) is -2.08. The standard InChI is InChI=1S/C11H9Cl2F2NO/c12-5-11(1-2-11)16-10(17)6-3-9(15)7(13)4-8(6)14/h3-4H,1-2,5H2,(H,16,17). The molecule has 1 aromatic carbocycles. The van der Waals surface area contributed by atoms with Crippen LogP contribution in [0.2, 0.25) is 5.02 Å². The molecule has 0 aliphatic heterocycles.